The molecule has 0 aliphatic carbocycles. The molecule has 6 heteroatoms. The van der Waals surface area contributed by atoms with E-state index in [1.54, 1.807) is 0 Å². The summed E-state index contributed by atoms with van der Waals surface area (Å²) in [6, 6.07) is 0. The van der Waals surface area contributed by atoms with Gasteiger partial charge in [-0.3, -0.25) is 4.79 Å². The third-order valence-corrected chi connectivity index (χ3v) is 1.71. The number of aromatic nitrogens is 3. The van der Waals surface area contributed by atoms with Gasteiger partial charge in [0.2, 0.25) is 5.91 Å². The second-order valence-electron chi connectivity index (χ2n) is 2.97. The van der Waals surface area contributed by atoms with Crippen molar-refractivity contribution in [3.63, 3.8) is 0 Å². The van der Waals surface area contributed by atoms with Gasteiger partial charge in [0.25, 0.3) is 0 Å². The van der Waals surface area contributed by atoms with Crippen molar-refractivity contribution >= 4 is 5.91 Å². The minimum Gasteiger partial charge on any atom is -0.369 e. The van der Waals surface area contributed by atoms with Crippen LogP contribution in [-0.4, -0.2) is 27.2 Å². The highest BCUT2D eigenvalue weighted by Crippen LogP contribution is 1.94. The van der Waals surface area contributed by atoms with Gasteiger partial charge in [0, 0.05) is 6.54 Å². The first kappa shape index (κ1) is 10.6. The highest BCUT2D eigenvalue weighted by molar-refractivity contribution is 5.75. The maximum absolute atomic E-state index is 10.5. The van der Waals surface area contributed by atoms with Gasteiger partial charge in [-0.15, -0.1) is 0 Å². The zero-order valence-corrected chi connectivity index (χ0v) is 8.23. The molecule has 0 saturated carbocycles. The summed E-state index contributed by atoms with van der Waals surface area (Å²) in [6.45, 7) is 3.60. The van der Waals surface area contributed by atoms with Gasteiger partial charge in [-0.25, -0.2) is 9.67 Å². The number of nitrogens with one attached hydrogen (secondary N) is 1. The predicted octanol–water partition coefficient (Wildman–Crippen LogP) is -0.737. The number of carbonyl (C=O) groups is 1. The van der Waals surface area contributed by atoms with Crippen molar-refractivity contribution in [2.75, 3.05) is 6.54 Å². The molecule has 1 aromatic heterocycles. The van der Waals surface area contributed by atoms with Gasteiger partial charge in [0.05, 0.1) is 13.1 Å². The van der Waals surface area contributed by atoms with Gasteiger partial charge in [0.15, 0.2) is 0 Å². The molecule has 0 radical (unpaired) electrons. The molecule has 6 nitrogen and oxygen atoms in total. The summed E-state index contributed by atoms with van der Waals surface area (Å²) in [5, 5.41) is 6.94. The highest BCUT2D eigenvalue weighted by Gasteiger charge is 2.02. The van der Waals surface area contributed by atoms with Crippen molar-refractivity contribution in [3.05, 3.63) is 12.2 Å². The van der Waals surface area contributed by atoms with Crippen molar-refractivity contribution in [3.8, 4) is 0 Å². The average molecular weight is 197 g/mol. The van der Waals surface area contributed by atoms with E-state index < -0.39 is 0 Å². The van der Waals surface area contributed by atoms with Crippen molar-refractivity contribution in [1.82, 2.24) is 20.1 Å². The molecule has 3 N–H and O–H groups in total. The van der Waals surface area contributed by atoms with Gasteiger partial charge in [-0.05, 0) is 6.42 Å². The molecule has 1 amide bonds. The Balaban J connectivity index is 2.41. The standard InChI is InChI=1S/C8H15N5O/c1-2-3-13-8(11-6-12-13)5-10-4-7(9)14/h6,10H,2-5H2,1H3,(H2,9,14). The van der Waals surface area contributed by atoms with Crippen LogP contribution in [0.2, 0.25) is 0 Å². The van der Waals surface area contributed by atoms with Gasteiger partial charge in [0.1, 0.15) is 12.2 Å². The minimum absolute atomic E-state index is 0.166. The Kier molecular flexibility index (Phi) is 4.06. The lowest BCUT2D eigenvalue weighted by Crippen LogP contribution is -2.29. The van der Waals surface area contributed by atoms with Gasteiger partial charge in [-0.1, -0.05) is 6.92 Å². The van der Waals surface area contributed by atoms with E-state index in [0.717, 1.165) is 18.8 Å². The number of hydrogen-bond donors (Lipinski definition) is 2. The van der Waals surface area contributed by atoms with Gasteiger partial charge >= 0.3 is 0 Å². The lowest BCUT2D eigenvalue weighted by Gasteiger charge is -2.04. The Morgan fingerprint density at radius 1 is 1.71 bits per heavy atom. The fraction of sp³-hybridized carbons (Fsp3) is 0.625. The van der Waals surface area contributed by atoms with E-state index in [4.69, 9.17) is 5.73 Å². The summed E-state index contributed by atoms with van der Waals surface area (Å²) in [6.07, 6.45) is 2.52. The van der Waals surface area contributed by atoms with Crippen LogP contribution in [0.3, 0.4) is 0 Å². The molecule has 0 spiro atoms. The number of nitrogens with two attached hydrogens (primary N) is 1. The second-order valence-corrected chi connectivity index (χ2v) is 2.97. The summed E-state index contributed by atoms with van der Waals surface area (Å²) in [4.78, 5) is 14.5. The van der Waals surface area contributed by atoms with Crippen molar-refractivity contribution < 1.29 is 4.79 Å². The SMILES string of the molecule is CCCn1ncnc1CNCC(N)=O. The summed E-state index contributed by atoms with van der Waals surface area (Å²) in [5.74, 6) is 0.458. The fourth-order valence-electron chi connectivity index (χ4n) is 1.12. The quantitative estimate of drug-likeness (QED) is 0.629. The zero-order valence-electron chi connectivity index (χ0n) is 8.23. The Bertz CT molecular complexity index is 296. The molecule has 0 aliphatic heterocycles. The summed E-state index contributed by atoms with van der Waals surface area (Å²) in [5.41, 5.74) is 4.98. The topological polar surface area (TPSA) is 85.8 Å². The second kappa shape index (κ2) is 5.33. The smallest absolute Gasteiger partial charge is 0.231 e. The molecule has 14 heavy (non-hydrogen) atoms. The fourth-order valence-corrected chi connectivity index (χ4v) is 1.12. The number of aryl methyl sites for hydroxylation is 1. The number of carbonyl (C=O) groups excluding carboxylic acids is 1. The van der Waals surface area contributed by atoms with Gasteiger partial charge < -0.3 is 11.1 Å². The minimum atomic E-state index is -0.369. The molecule has 0 unspecified atom stereocenters. The molecule has 0 atom stereocenters. The molecule has 1 rings (SSSR count). The first-order valence-corrected chi connectivity index (χ1v) is 4.59. The van der Waals surface area contributed by atoms with Crippen LogP contribution in [0.4, 0.5) is 0 Å². The van der Waals surface area contributed by atoms with E-state index in [9.17, 15) is 4.79 Å². The summed E-state index contributed by atoms with van der Waals surface area (Å²) < 4.78 is 1.81. The highest BCUT2D eigenvalue weighted by atomic mass is 16.1. The third kappa shape index (κ3) is 3.14. The van der Waals surface area contributed by atoms with E-state index in [-0.39, 0.29) is 12.5 Å². The van der Waals surface area contributed by atoms with Crippen molar-refractivity contribution in [2.45, 2.75) is 26.4 Å². The number of hydrogen-bond acceptors (Lipinski definition) is 4. The van der Waals surface area contributed by atoms with Crippen LogP contribution in [0.15, 0.2) is 6.33 Å². The third-order valence-electron chi connectivity index (χ3n) is 1.71. The van der Waals surface area contributed by atoms with Crippen LogP contribution < -0.4 is 11.1 Å². The van der Waals surface area contributed by atoms with E-state index in [1.165, 1.54) is 6.33 Å². The molecule has 0 aromatic carbocycles. The Labute approximate surface area is 82.5 Å². The van der Waals surface area contributed by atoms with Crippen LogP contribution in [0.5, 0.6) is 0 Å². The first-order valence-electron chi connectivity index (χ1n) is 4.59. The molecule has 1 heterocycles. The van der Waals surface area contributed by atoms with Crippen LogP contribution in [0, 0.1) is 0 Å². The van der Waals surface area contributed by atoms with E-state index in [0.29, 0.717) is 6.54 Å². The molecule has 78 valence electrons. The molecule has 0 aliphatic rings. The molecule has 1 aromatic rings. The Morgan fingerprint density at radius 2 is 2.50 bits per heavy atom. The summed E-state index contributed by atoms with van der Waals surface area (Å²) in [7, 11) is 0. The number of nitrogens with zero attached hydrogens (tertiary/aromatic N) is 3. The zero-order chi connectivity index (χ0) is 10.4. The van der Waals surface area contributed by atoms with E-state index in [1.807, 2.05) is 4.68 Å². The number of primary amides is 1. The van der Waals surface area contributed by atoms with Crippen molar-refractivity contribution in [1.29, 1.82) is 0 Å². The van der Waals surface area contributed by atoms with Crippen molar-refractivity contribution in [2.24, 2.45) is 5.73 Å². The molecular formula is C8H15N5O. The van der Waals surface area contributed by atoms with Crippen LogP contribution in [0.1, 0.15) is 19.2 Å². The number of rotatable bonds is 6. The Hall–Kier alpha value is -1.43. The molecule has 0 bridgehead atoms. The van der Waals surface area contributed by atoms with E-state index in [2.05, 4.69) is 22.3 Å². The average Bonchev–Trinajstić information content (AvgIpc) is 2.53. The molecule has 0 fully saturated rings. The Morgan fingerprint density at radius 3 is 3.14 bits per heavy atom. The van der Waals surface area contributed by atoms with Crippen LogP contribution in [0.25, 0.3) is 0 Å². The predicted molar refractivity (Wildman–Crippen MR) is 51.2 cm³/mol. The lowest BCUT2D eigenvalue weighted by molar-refractivity contribution is -0.117. The largest absolute Gasteiger partial charge is 0.369 e. The number of amides is 1. The first-order chi connectivity index (χ1) is 6.74. The molecular weight excluding hydrogens is 182 g/mol. The van der Waals surface area contributed by atoms with Gasteiger partial charge in [-0.2, -0.15) is 5.10 Å². The summed E-state index contributed by atoms with van der Waals surface area (Å²) >= 11 is 0. The lowest BCUT2D eigenvalue weighted by atomic mass is 10.4. The van der Waals surface area contributed by atoms with Crippen LogP contribution >= 0.6 is 0 Å². The molecule has 0 saturated heterocycles. The monoisotopic (exact) mass is 197 g/mol. The van der Waals surface area contributed by atoms with E-state index >= 15 is 0 Å². The normalized spacial score (nSPS) is 10.4. The maximum atomic E-state index is 10.5. The maximum Gasteiger partial charge on any atom is 0.231 e. The van der Waals surface area contributed by atoms with Crippen LogP contribution in [-0.2, 0) is 17.9 Å².